The topological polar surface area (TPSA) is 54.7 Å². The molecule has 134 valence electrons. The molecule has 2 heterocycles. The maximum atomic E-state index is 12.3. The van der Waals surface area contributed by atoms with Crippen LogP contribution >= 0.6 is 0 Å². The van der Waals surface area contributed by atoms with Crippen LogP contribution in [0.3, 0.4) is 0 Å². The van der Waals surface area contributed by atoms with Gasteiger partial charge in [0, 0.05) is 19.7 Å². The first-order chi connectivity index (χ1) is 12.2. The highest BCUT2D eigenvalue weighted by Gasteiger charge is 2.21. The molecule has 0 radical (unpaired) electrons. The Morgan fingerprint density at radius 3 is 2.76 bits per heavy atom. The third-order valence-electron chi connectivity index (χ3n) is 4.55. The molecule has 1 N–H and O–H groups in total. The number of hydrogen-bond acceptors (Lipinski definition) is 4. The Morgan fingerprint density at radius 2 is 2.04 bits per heavy atom. The molecule has 1 aromatic heterocycles. The van der Waals surface area contributed by atoms with Gasteiger partial charge in [0.25, 0.3) is 0 Å². The van der Waals surface area contributed by atoms with Crippen molar-refractivity contribution < 1.29 is 13.9 Å². The first-order valence-corrected chi connectivity index (χ1v) is 8.85. The van der Waals surface area contributed by atoms with Crippen molar-refractivity contribution in [3.05, 3.63) is 59.5 Å². The molecule has 0 aliphatic carbocycles. The minimum Gasteiger partial charge on any atom is -0.468 e. The smallest absolute Gasteiger partial charge is 0.225 e. The fourth-order valence-electron chi connectivity index (χ4n) is 3.17. The molecule has 25 heavy (non-hydrogen) atoms. The van der Waals surface area contributed by atoms with Gasteiger partial charge in [0.15, 0.2) is 0 Å². The molecule has 1 aliphatic heterocycles. The average Bonchev–Trinajstić information content (AvgIpc) is 3.14. The van der Waals surface area contributed by atoms with Crippen molar-refractivity contribution in [2.75, 3.05) is 20.3 Å². The summed E-state index contributed by atoms with van der Waals surface area (Å²) in [6.07, 6.45) is 3.58. The molecular formula is C20H26N2O3. The maximum Gasteiger partial charge on any atom is 0.225 e. The zero-order chi connectivity index (χ0) is 17.5. The van der Waals surface area contributed by atoms with Crippen molar-refractivity contribution in [2.24, 2.45) is 5.92 Å². The quantitative estimate of drug-likeness (QED) is 0.840. The van der Waals surface area contributed by atoms with Gasteiger partial charge in [-0.1, -0.05) is 24.3 Å². The molecule has 1 atom stereocenters. The van der Waals surface area contributed by atoms with Gasteiger partial charge < -0.3 is 14.5 Å². The summed E-state index contributed by atoms with van der Waals surface area (Å²) in [7, 11) is 2.07. The molecule has 1 fully saturated rings. The number of rotatable bonds is 7. The highest BCUT2D eigenvalue weighted by atomic mass is 16.5. The van der Waals surface area contributed by atoms with Gasteiger partial charge >= 0.3 is 0 Å². The third-order valence-corrected chi connectivity index (χ3v) is 4.55. The van der Waals surface area contributed by atoms with Crippen LogP contribution in [0.5, 0.6) is 0 Å². The predicted octanol–water partition coefficient (Wildman–Crippen LogP) is 2.95. The highest BCUT2D eigenvalue weighted by molar-refractivity contribution is 5.78. The number of hydrogen-bond donors (Lipinski definition) is 1. The normalized spacial score (nSPS) is 17.6. The van der Waals surface area contributed by atoms with E-state index in [-0.39, 0.29) is 11.8 Å². The number of nitrogens with one attached hydrogen (secondary N) is 1. The molecule has 3 rings (SSSR count). The average molecular weight is 342 g/mol. The number of nitrogens with zero attached hydrogens (tertiary/aromatic N) is 1. The van der Waals surface area contributed by atoms with E-state index in [4.69, 9.17) is 9.15 Å². The summed E-state index contributed by atoms with van der Waals surface area (Å²) >= 11 is 0. The lowest BCUT2D eigenvalue weighted by atomic mass is 10.0. The minimum atomic E-state index is -0.0115. The second kappa shape index (κ2) is 8.83. The maximum absolute atomic E-state index is 12.3. The zero-order valence-electron chi connectivity index (χ0n) is 14.7. The summed E-state index contributed by atoms with van der Waals surface area (Å²) in [5.41, 5.74) is 2.37. The molecule has 0 saturated carbocycles. The molecular weight excluding hydrogens is 316 g/mol. The summed E-state index contributed by atoms with van der Waals surface area (Å²) in [6.45, 7) is 3.43. The number of carbonyl (C=O) groups excluding carboxylic acids is 1. The fraction of sp³-hybridized carbons (Fsp3) is 0.450. The Balaban J connectivity index is 1.55. The van der Waals surface area contributed by atoms with E-state index in [0.29, 0.717) is 13.2 Å². The Hall–Kier alpha value is -2.11. The van der Waals surface area contributed by atoms with Gasteiger partial charge in [0.05, 0.1) is 25.3 Å². The molecule has 5 heteroatoms. The lowest BCUT2D eigenvalue weighted by molar-refractivity contribution is -0.129. The second-order valence-electron chi connectivity index (χ2n) is 6.65. The van der Waals surface area contributed by atoms with Gasteiger partial charge in [-0.3, -0.25) is 9.69 Å². The largest absolute Gasteiger partial charge is 0.468 e. The van der Waals surface area contributed by atoms with Gasteiger partial charge in [-0.05, 0) is 43.1 Å². The minimum absolute atomic E-state index is 0.0115. The van der Waals surface area contributed by atoms with E-state index in [1.165, 1.54) is 5.56 Å². The van der Waals surface area contributed by atoms with Crippen molar-refractivity contribution in [1.29, 1.82) is 0 Å². The number of ether oxygens (including phenoxy) is 1. The molecule has 0 spiro atoms. The Labute approximate surface area is 149 Å². The summed E-state index contributed by atoms with van der Waals surface area (Å²) in [5, 5.41) is 3.07. The van der Waals surface area contributed by atoms with Crippen molar-refractivity contribution in [3.8, 4) is 0 Å². The van der Waals surface area contributed by atoms with E-state index >= 15 is 0 Å². The van der Waals surface area contributed by atoms with Gasteiger partial charge in [0.1, 0.15) is 5.76 Å². The van der Waals surface area contributed by atoms with E-state index in [0.717, 1.165) is 43.9 Å². The van der Waals surface area contributed by atoms with E-state index in [2.05, 4.69) is 29.4 Å². The molecule has 1 aromatic carbocycles. The number of amides is 1. The first-order valence-electron chi connectivity index (χ1n) is 8.85. The van der Waals surface area contributed by atoms with E-state index in [9.17, 15) is 4.79 Å². The summed E-state index contributed by atoms with van der Waals surface area (Å²) in [4.78, 5) is 14.5. The van der Waals surface area contributed by atoms with Crippen LogP contribution < -0.4 is 5.32 Å². The van der Waals surface area contributed by atoms with Crippen LogP contribution in [0, 0.1) is 5.92 Å². The first kappa shape index (κ1) is 17.7. The molecule has 0 unspecified atom stereocenters. The number of benzene rings is 1. The van der Waals surface area contributed by atoms with Crippen LogP contribution in [0.25, 0.3) is 0 Å². The standard InChI is InChI=1S/C20H26N2O3/c1-22(14-19-9-5-11-25-19)13-17-7-3-2-6-16(17)12-21-20(23)18-8-4-10-24-15-18/h2-3,5-7,9,11,18H,4,8,10,12-15H2,1H3,(H,21,23)/t18-/m0/s1. The van der Waals surface area contributed by atoms with Gasteiger partial charge in [0.2, 0.25) is 5.91 Å². The second-order valence-corrected chi connectivity index (χ2v) is 6.65. The lowest BCUT2D eigenvalue weighted by Gasteiger charge is -2.22. The Morgan fingerprint density at radius 1 is 1.20 bits per heavy atom. The van der Waals surface area contributed by atoms with E-state index in [1.54, 1.807) is 6.26 Å². The van der Waals surface area contributed by atoms with Crippen molar-refractivity contribution in [3.63, 3.8) is 0 Å². The van der Waals surface area contributed by atoms with Crippen LogP contribution in [0.4, 0.5) is 0 Å². The van der Waals surface area contributed by atoms with Crippen LogP contribution in [-0.2, 0) is 29.2 Å². The third kappa shape index (κ3) is 5.18. The van der Waals surface area contributed by atoms with Crippen LogP contribution in [-0.4, -0.2) is 31.1 Å². The van der Waals surface area contributed by atoms with E-state index in [1.807, 2.05) is 24.3 Å². The molecule has 2 aromatic rings. The lowest BCUT2D eigenvalue weighted by Crippen LogP contribution is -2.35. The molecule has 1 amide bonds. The summed E-state index contributed by atoms with van der Waals surface area (Å²) in [6, 6.07) is 12.1. The van der Waals surface area contributed by atoms with Crippen LogP contribution in [0.2, 0.25) is 0 Å². The SMILES string of the molecule is CN(Cc1ccco1)Cc1ccccc1CNC(=O)[C@H]1CCCOC1. The molecule has 1 aliphatic rings. The van der Waals surface area contributed by atoms with Gasteiger partial charge in [-0.15, -0.1) is 0 Å². The van der Waals surface area contributed by atoms with Crippen molar-refractivity contribution in [1.82, 2.24) is 10.2 Å². The molecule has 1 saturated heterocycles. The van der Waals surface area contributed by atoms with Crippen molar-refractivity contribution >= 4 is 5.91 Å². The predicted molar refractivity (Wildman–Crippen MR) is 95.7 cm³/mol. The summed E-state index contributed by atoms with van der Waals surface area (Å²) in [5.74, 6) is 1.03. The Bertz CT molecular complexity index is 663. The monoisotopic (exact) mass is 342 g/mol. The van der Waals surface area contributed by atoms with Crippen LogP contribution in [0.1, 0.15) is 29.7 Å². The van der Waals surface area contributed by atoms with Crippen molar-refractivity contribution in [2.45, 2.75) is 32.5 Å². The fourth-order valence-corrected chi connectivity index (χ4v) is 3.17. The molecule has 5 nitrogen and oxygen atoms in total. The number of furan rings is 1. The van der Waals surface area contributed by atoms with E-state index < -0.39 is 0 Å². The van der Waals surface area contributed by atoms with Crippen LogP contribution in [0.15, 0.2) is 47.1 Å². The summed E-state index contributed by atoms with van der Waals surface area (Å²) < 4.78 is 10.8. The van der Waals surface area contributed by atoms with Gasteiger partial charge in [-0.25, -0.2) is 0 Å². The molecule has 0 bridgehead atoms. The highest BCUT2D eigenvalue weighted by Crippen LogP contribution is 2.16. The Kier molecular flexibility index (Phi) is 6.25. The zero-order valence-corrected chi connectivity index (χ0v) is 14.7. The number of carbonyl (C=O) groups is 1. The van der Waals surface area contributed by atoms with Gasteiger partial charge in [-0.2, -0.15) is 0 Å².